The number of unbranched alkanes of at least 4 members (excludes halogenated alkanes) is 1. The minimum absolute atomic E-state index is 0.0378. The third kappa shape index (κ3) is 5.55. The van der Waals surface area contributed by atoms with Crippen molar-refractivity contribution in [3.63, 3.8) is 0 Å². The van der Waals surface area contributed by atoms with E-state index in [4.69, 9.17) is 0 Å². The van der Waals surface area contributed by atoms with Gasteiger partial charge in [0.1, 0.15) is 0 Å². The van der Waals surface area contributed by atoms with Crippen molar-refractivity contribution in [1.82, 2.24) is 10.2 Å². The number of hydrogen-bond donors (Lipinski definition) is 2. The van der Waals surface area contributed by atoms with Gasteiger partial charge in [0.2, 0.25) is 11.8 Å². The fourth-order valence-corrected chi connectivity index (χ4v) is 3.76. The molecule has 1 heterocycles. The Morgan fingerprint density at radius 3 is 2.61 bits per heavy atom. The zero-order valence-electron chi connectivity index (χ0n) is 16.7. The van der Waals surface area contributed by atoms with E-state index < -0.39 is 0 Å². The number of fused-ring (bicyclic) bond motifs is 1. The minimum atomic E-state index is 0.0378. The van der Waals surface area contributed by atoms with Crippen molar-refractivity contribution in [3.8, 4) is 0 Å². The highest BCUT2D eigenvalue weighted by atomic mass is 16.2. The molecule has 0 saturated carbocycles. The summed E-state index contributed by atoms with van der Waals surface area (Å²) in [6, 6.07) is 14.0. The summed E-state index contributed by atoms with van der Waals surface area (Å²) in [5, 5.41) is 8.28. The normalized spacial score (nSPS) is 15.5. The number of piperidine rings is 1. The molecule has 0 bridgehead atoms. The van der Waals surface area contributed by atoms with Crippen molar-refractivity contribution in [2.45, 2.75) is 39.0 Å². The van der Waals surface area contributed by atoms with Crippen molar-refractivity contribution in [2.75, 3.05) is 31.5 Å². The number of nitrogens with zero attached hydrogens (tertiary/aromatic N) is 1. The number of rotatable bonds is 8. The summed E-state index contributed by atoms with van der Waals surface area (Å²) < 4.78 is 0. The lowest BCUT2D eigenvalue weighted by molar-refractivity contribution is -0.126. The van der Waals surface area contributed by atoms with E-state index in [9.17, 15) is 9.59 Å². The number of carbonyl (C=O) groups excluding carboxylic acids is 2. The van der Waals surface area contributed by atoms with Crippen molar-refractivity contribution in [3.05, 3.63) is 42.5 Å². The van der Waals surface area contributed by atoms with Gasteiger partial charge in [-0.3, -0.25) is 9.59 Å². The van der Waals surface area contributed by atoms with Crippen LogP contribution in [0.3, 0.4) is 0 Å². The third-order valence-corrected chi connectivity index (χ3v) is 5.51. The predicted molar refractivity (Wildman–Crippen MR) is 114 cm³/mol. The van der Waals surface area contributed by atoms with Gasteiger partial charge in [-0.1, -0.05) is 49.7 Å². The first kappa shape index (κ1) is 20.3. The summed E-state index contributed by atoms with van der Waals surface area (Å²) in [6.45, 7) is 5.41. The van der Waals surface area contributed by atoms with Crippen LogP contribution in [-0.4, -0.2) is 42.9 Å². The second-order valence-electron chi connectivity index (χ2n) is 7.59. The molecular formula is C23H31N3O2. The van der Waals surface area contributed by atoms with Crippen LogP contribution in [0.4, 0.5) is 5.69 Å². The van der Waals surface area contributed by atoms with Crippen LogP contribution in [0.5, 0.6) is 0 Å². The molecule has 0 radical (unpaired) electrons. The maximum absolute atomic E-state index is 12.4. The van der Waals surface area contributed by atoms with E-state index in [1.807, 2.05) is 42.5 Å². The second-order valence-corrected chi connectivity index (χ2v) is 7.59. The number of benzene rings is 2. The molecule has 2 N–H and O–H groups in total. The van der Waals surface area contributed by atoms with Gasteiger partial charge >= 0.3 is 0 Å². The van der Waals surface area contributed by atoms with Crippen LogP contribution in [0.15, 0.2) is 42.5 Å². The van der Waals surface area contributed by atoms with Gasteiger partial charge in [0, 0.05) is 36.5 Å². The fraction of sp³-hybridized carbons (Fsp3) is 0.478. The number of nitrogens with one attached hydrogen (secondary N) is 2. The van der Waals surface area contributed by atoms with E-state index in [0.717, 1.165) is 68.3 Å². The Balaban J connectivity index is 1.41. The number of amides is 2. The van der Waals surface area contributed by atoms with Crippen molar-refractivity contribution < 1.29 is 9.59 Å². The first-order chi connectivity index (χ1) is 13.7. The van der Waals surface area contributed by atoms with Crippen LogP contribution >= 0.6 is 0 Å². The summed E-state index contributed by atoms with van der Waals surface area (Å²) in [5.74, 6) is 0.357. The van der Waals surface area contributed by atoms with Crippen molar-refractivity contribution in [1.29, 1.82) is 0 Å². The highest BCUT2D eigenvalue weighted by Crippen LogP contribution is 2.23. The zero-order valence-corrected chi connectivity index (χ0v) is 16.7. The zero-order chi connectivity index (χ0) is 19.8. The van der Waals surface area contributed by atoms with E-state index in [1.165, 1.54) is 0 Å². The van der Waals surface area contributed by atoms with E-state index in [2.05, 4.69) is 22.5 Å². The molecule has 5 heteroatoms. The molecule has 1 fully saturated rings. The Morgan fingerprint density at radius 1 is 1.07 bits per heavy atom. The molecule has 3 rings (SSSR count). The SMILES string of the molecule is CCCCNC(=O)C1CCN(CCC(=O)Nc2cccc3ccccc23)CC1. The van der Waals surface area contributed by atoms with E-state index in [-0.39, 0.29) is 17.7 Å². The van der Waals surface area contributed by atoms with Gasteiger partial charge in [-0.05, 0) is 43.8 Å². The summed E-state index contributed by atoms with van der Waals surface area (Å²) in [7, 11) is 0. The van der Waals surface area contributed by atoms with E-state index >= 15 is 0 Å². The van der Waals surface area contributed by atoms with Crippen LogP contribution in [-0.2, 0) is 9.59 Å². The molecule has 150 valence electrons. The second kappa shape index (κ2) is 10.2. The number of anilines is 1. The lowest BCUT2D eigenvalue weighted by Gasteiger charge is -2.31. The molecule has 28 heavy (non-hydrogen) atoms. The van der Waals surface area contributed by atoms with Crippen LogP contribution in [0.25, 0.3) is 10.8 Å². The predicted octanol–water partition coefficient (Wildman–Crippen LogP) is 3.80. The molecule has 2 aromatic carbocycles. The van der Waals surface area contributed by atoms with Gasteiger partial charge in [0.15, 0.2) is 0 Å². The van der Waals surface area contributed by atoms with E-state index in [0.29, 0.717) is 6.42 Å². The minimum Gasteiger partial charge on any atom is -0.356 e. The lowest BCUT2D eigenvalue weighted by Crippen LogP contribution is -2.41. The van der Waals surface area contributed by atoms with Gasteiger partial charge in [0.05, 0.1) is 0 Å². The Bertz CT molecular complexity index is 792. The third-order valence-electron chi connectivity index (χ3n) is 5.51. The topological polar surface area (TPSA) is 61.4 Å². The van der Waals surface area contributed by atoms with Gasteiger partial charge < -0.3 is 15.5 Å². The largest absolute Gasteiger partial charge is 0.356 e. The van der Waals surface area contributed by atoms with Crippen LogP contribution in [0.2, 0.25) is 0 Å². The van der Waals surface area contributed by atoms with Crippen LogP contribution < -0.4 is 10.6 Å². The molecule has 0 aliphatic carbocycles. The smallest absolute Gasteiger partial charge is 0.225 e. The molecule has 5 nitrogen and oxygen atoms in total. The molecule has 1 aliphatic rings. The first-order valence-corrected chi connectivity index (χ1v) is 10.4. The summed E-state index contributed by atoms with van der Waals surface area (Å²) in [4.78, 5) is 26.9. The maximum atomic E-state index is 12.4. The van der Waals surface area contributed by atoms with Gasteiger partial charge in [-0.2, -0.15) is 0 Å². The number of likely N-dealkylation sites (tertiary alicyclic amines) is 1. The Morgan fingerprint density at radius 2 is 1.82 bits per heavy atom. The van der Waals surface area contributed by atoms with Gasteiger partial charge in [-0.15, -0.1) is 0 Å². The average Bonchev–Trinajstić information content (AvgIpc) is 2.73. The highest BCUT2D eigenvalue weighted by Gasteiger charge is 2.24. The number of carbonyl (C=O) groups is 2. The molecular weight excluding hydrogens is 350 g/mol. The van der Waals surface area contributed by atoms with E-state index in [1.54, 1.807) is 0 Å². The molecule has 0 aromatic heterocycles. The fourth-order valence-electron chi connectivity index (χ4n) is 3.76. The lowest BCUT2D eigenvalue weighted by atomic mass is 9.95. The quantitative estimate of drug-likeness (QED) is 0.684. The standard InChI is InChI=1S/C23H31N3O2/c1-2-3-14-24-23(28)19-11-15-26(16-12-19)17-13-22(27)25-21-10-6-8-18-7-4-5-9-20(18)21/h4-10,19H,2-3,11-17H2,1H3,(H,24,28)(H,25,27). The molecule has 1 saturated heterocycles. The van der Waals surface area contributed by atoms with Gasteiger partial charge in [-0.25, -0.2) is 0 Å². The maximum Gasteiger partial charge on any atom is 0.225 e. The molecule has 1 aliphatic heterocycles. The van der Waals surface area contributed by atoms with Crippen LogP contribution in [0, 0.1) is 5.92 Å². The average molecular weight is 382 g/mol. The molecule has 2 amide bonds. The van der Waals surface area contributed by atoms with Crippen molar-refractivity contribution >= 4 is 28.3 Å². The Kier molecular flexibility index (Phi) is 7.43. The monoisotopic (exact) mass is 381 g/mol. The Hall–Kier alpha value is -2.40. The summed E-state index contributed by atoms with van der Waals surface area (Å²) >= 11 is 0. The van der Waals surface area contributed by atoms with Gasteiger partial charge in [0.25, 0.3) is 0 Å². The first-order valence-electron chi connectivity index (χ1n) is 10.4. The summed E-state index contributed by atoms with van der Waals surface area (Å²) in [6.07, 6.45) is 4.36. The van der Waals surface area contributed by atoms with Crippen molar-refractivity contribution in [2.24, 2.45) is 5.92 Å². The molecule has 0 unspecified atom stereocenters. The summed E-state index contributed by atoms with van der Waals surface area (Å²) in [5.41, 5.74) is 0.866. The molecule has 0 atom stereocenters. The Labute approximate surface area is 167 Å². The van der Waals surface area contributed by atoms with Crippen LogP contribution in [0.1, 0.15) is 39.0 Å². The number of hydrogen-bond acceptors (Lipinski definition) is 3. The highest BCUT2D eigenvalue weighted by molar-refractivity contribution is 6.02. The molecule has 2 aromatic rings. The molecule has 0 spiro atoms.